The van der Waals surface area contributed by atoms with Crippen molar-refractivity contribution in [3.63, 3.8) is 0 Å². The van der Waals surface area contributed by atoms with E-state index < -0.39 is 0 Å². The summed E-state index contributed by atoms with van der Waals surface area (Å²) in [6, 6.07) is 1.72. The summed E-state index contributed by atoms with van der Waals surface area (Å²) in [7, 11) is 0. The third-order valence-corrected chi connectivity index (χ3v) is 0.0645. The van der Waals surface area contributed by atoms with Crippen molar-refractivity contribution in [2.75, 3.05) is 0 Å². The van der Waals surface area contributed by atoms with Crippen molar-refractivity contribution in [2.45, 2.75) is 0 Å². The Hall–Kier alpha value is -0.950. The minimum Gasteiger partial charge on any atom is -0.0244 e. The second-order valence-electron chi connectivity index (χ2n) is 0.241. The zero-order valence-corrected chi connectivity index (χ0v) is 2.02. The van der Waals surface area contributed by atoms with Crippen molar-refractivity contribution in [3.8, 4) is 12.5 Å². The first-order valence-corrected chi connectivity index (χ1v) is 0.736. The zero-order chi connectivity index (χ0) is 3.41. The number of terminal acetylenes is 1. The van der Waals surface area contributed by atoms with Gasteiger partial charge >= 0.3 is 12.6 Å². The smallest absolute Gasteiger partial charge is 0.0244 e. The van der Waals surface area contributed by atoms with Gasteiger partial charge in [-0.3, -0.25) is 0 Å². The molecule has 0 N–H and O–H groups in total. The Labute approximate surface area is 25.1 Å². The Morgan fingerprint density at radius 1 is 2.00 bits per heavy atom. The van der Waals surface area contributed by atoms with E-state index in [-0.39, 0.29) is 0 Å². The Balaban J connectivity index is 3.14. The van der Waals surface area contributed by atoms with E-state index in [1.54, 1.807) is 6.04 Å². The zero-order valence-electron chi connectivity index (χ0n) is 2.02. The van der Waals surface area contributed by atoms with Gasteiger partial charge in [-0.2, -0.15) is 0 Å². The third kappa shape index (κ3) is 1.05. The van der Waals surface area contributed by atoms with Gasteiger partial charge in [0.25, 0.3) is 0 Å². The summed E-state index contributed by atoms with van der Waals surface area (Å²) in [5.74, 6) is 0. The molecule has 0 aromatic rings. The maximum atomic E-state index is 5.84. The third-order valence-electron chi connectivity index (χ3n) is 0.0645. The fraction of sp³-hybridized carbons (Fsp3) is 0. The van der Waals surface area contributed by atoms with Gasteiger partial charge in [-0.25, -0.2) is 0 Å². The van der Waals surface area contributed by atoms with Crippen LogP contribution in [0, 0.1) is 19.0 Å². The van der Waals surface area contributed by atoms with Crippen LogP contribution < -0.4 is 0 Å². The Morgan fingerprint density at radius 3 is 2.25 bits per heavy atom. The lowest BCUT2D eigenvalue weighted by atomic mass is 11.2. The minimum atomic E-state index is 1.72. The number of hydrogen-bond acceptors (Lipinski definition) is 0. The summed E-state index contributed by atoms with van der Waals surface area (Å²) >= 11 is 0. The van der Waals surface area contributed by atoms with Gasteiger partial charge in [0.05, 0.1) is 0 Å². The van der Waals surface area contributed by atoms with Crippen LogP contribution in [-0.2, 0) is 0 Å². The van der Waals surface area contributed by atoms with Crippen LogP contribution in [0.3, 0.4) is 0 Å². The molecule has 0 rings (SSSR count). The van der Waals surface area contributed by atoms with Gasteiger partial charge in [-0.05, 0) is 6.42 Å². The number of rotatable bonds is 0. The topological polar surface area (TPSA) is 4.36 Å². The first-order chi connectivity index (χ1) is 1.91. The molecular formula is C3HN+. The molecule has 0 spiro atoms. The highest BCUT2D eigenvalue weighted by atomic mass is 14.6. The molecular weight excluding hydrogens is 50.0 g/mol. The largest absolute Gasteiger partial charge is 0.471 e. The predicted molar refractivity (Wildman–Crippen MR) is 15.4 cm³/mol. The van der Waals surface area contributed by atoms with Crippen LogP contribution in [0.4, 0.5) is 0 Å². The van der Waals surface area contributed by atoms with E-state index in [0.29, 0.717) is 0 Å². The first-order valence-electron chi connectivity index (χ1n) is 0.736. The summed E-state index contributed by atoms with van der Waals surface area (Å²) in [5, 5.41) is 0. The van der Waals surface area contributed by atoms with E-state index in [1.165, 1.54) is 0 Å². The van der Waals surface area contributed by atoms with Crippen LogP contribution in [0.1, 0.15) is 0 Å². The summed E-state index contributed by atoms with van der Waals surface area (Å²) in [6.07, 6.45) is 4.42. The van der Waals surface area contributed by atoms with Crippen molar-refractivity contribution < 1.29 is 0 Å². The van der Waals surface area contributed by atoms with Gasteiger partial charge in [0.2, 0.25) is 0 Å². The molecule has 0 aliphatic carbocycles. The molecule has 0 bridgehead atoms. The van der Waals surface area contributed by atoms with Crippen LogP contribution >= 0.6 is 0 Å². The molecule has 0 unspecified atom stereocenters. The second-order valence-corrected chi connectivity index (χ2v) is 0.241. The average Bonchev–Trinajstić information content (AvgIpc) is 1.37. The Morgan fingerprint density at radius 2 is 2.25 bits per heavy atom. The van der Waals surface area contributed by atoms with E-state index in [9.17, 15) is 0 Å². The van der Waals surface area contributed by atoms with Crippen molar-refractivity contribution in [1.29, 1.82) is 0 Å². The fourth-order valence-electron chi connectivity index (χ4n) is 0. The van der Waals surface area contributed by atoms with Crippen LogP contribution in [-0.4, -0.2) is 0 Å². The molecule has 17 valence electrons. The molecule has 1 nitrogen and oxygen atoms in total. The predicted octanol–water partition coefficient (Wildman–Crippen LogP) is 0.496. The highest BCUT2D eigenvalue weighted by molar-refractivity contribution is 4.93. The molecule has 0 saturated heterocycles. The number of hydrogen-bond donors (Lipinski definition) is 0. The average molecular weight is 51.0 g/mol. The normalized spacial score (nSPS) is 2.50. The van der Waals surface area contributed by atoms with Crippen molar-refractivity contribution in [3.05, 3.63) is 11.4 Å². The molecule has 0 aliphatic rings. The van der Waals surface area contributed by atoms with E-state index >= 15 is 0 Å². The van der Waals surface area contributed by atoms with E-state index in [4.69, 9.17) is 6.57 Å². The van der Waals surface area contributed by atoms with Crippen LogP contribution in [0.25, 0.3) is 4.85 Å². The van der Waals surface area contributed by atoms with Crippen molar-refractivity contribution >= 4 is 0 Å². The maximum Gasteiger partial charge on any atom is 0.471 e. The lowest BCUT2D eigenvalue weighted by Gasteiger charge is -1.06. The van der Waals surface area contributed by atoms with Crippen molar-refractivity contribution in [2.24, 2.45) is 0 Å². The molecule has 0 aromatic carbocycles. The molecule has 0 atom stereocenters. The first kappa shape index (κ1) is 3.05. The van der Waals surface area contributed by atoms with Crippen LogP contribution in [0.5, 0.6) is 0 Å². The van der Waals surface area contributed by atoms with Gasteiger partial charge in [0.1, 0.15) is 0 Å². The van der Waals surface area contributed by atoms with E-state index in [1.807, 2.05) is 0 Å². The SMILES string of the molecule is [C]#[N+]C#C. The van der Waals surface area contributed by atoms with E-state index in [2.05, 4.69) is 11.3 Å². The molecule has 0 fully saturated rings. The summed E-state index contributed by atoms with van der Waals surface area (Å²) in [5.41, 5.74) is 0. The second kappa shape index (κ2) is 2.05. The molecule has 0 saturated carbocycles. The number of nitrogens with zero attached hydrogens (tertiary/aromatic N) is 1. The fourth-order valence-corrected chi connectivity index (χ4v) is 0. The Bertz CT molecular complexity index is 58.3. The molecule has 0 amide bonds. The molecule has 0 aromatic heterocycles. The molecule has 1 radical (unpaired) electrons. The highest BCUT2D eigenvalue weighted by Crippen LogP contribution is 1.40. The molecule has 0 heterocycles. The maximum absolute atomic E-state index is 5.84. The molecule has 4 heavy (non-hydrogen) atoms. The standard InChI is InChI=1S/C3HN/c1-3-4-2/h1H/q+1. The van der Waals surface area contributed by atoms with Gasteiger partial charge in [0, 0.05) is 4.85 Å². The highest BCUT2D eigenvalue weighted by Gasteiger charge is 1.49. The van der Waals surface area contributed by atoms with Crippen LogP contribution in [0.15, 0.2) is 0 Å². The monoisotopic (exact) mass is 51.0 g/mol. The summed E-state index contributed by atoms with van der Waals surface area (Å²) in [4.78, 5) is 2.51. The van der Waals surface area contributed by atoms with Gasteiger partial charge in [-0.1, -0.05) is 0 Å². The lowest BCUT2D eigenvalue weighted by molar-refractivity contribution is 2.29. The molecule has 0 aliphatic heterocycles. The van der Waals surface area contributed by atoms with Gasteiger partial charge < -0.3 is 0 Å². The Kier molecular flexibility index (Phi) is 1.56. The van der Waals surface area contributed by atoms with Crippen molar-refractivity contribution in [1.82, 2.24) is 0 Å². The minimum absolute atomic E-state index is 1.72. The summed E-state index contributed by atoms with van der Waals surface area (Å²) in [6.45, 7) is 5.84. The van der Waals surface area contributed by atoms with E-state index in [0.717, 1.165) is 0 Å². The molecule has 1 heteroatoms. The summed E-state index contributed by atoms with van der Waals surface area (Å²) < 4.78 is 0. The lowest BCUT2D eigenvalue weighted by Crippen LogP contribution is -1.15. The van der Waals surface area contributed by atoms with Gasteiger partial charge in [0.15, 0.2) is 0 Å². The quantitative estimate of drug-likeness (QED) is 0.353. The van der Waals surface area contributed by atoms with Gasteiger partial charge in [-0.15, -0.1) is 0 Å². The van der Waals surface area contributed by atoms with Crippen LogP contribution in [0.2, 0.25) is 0 Å².